The quantitative estimate of drug-likeness (QED) is 0.943. The molecule has 0 aliphatic carbocycles. The predicted molar refractivity (Wildman–Crippen MR) is 87.5 cm³/mol. The van der Waals surface area contributed by atoms with Gasteiger partial charge in [-0.3, -0.25) is 4.79 Å². The Balaban J connectivity index is 1.81. The van der Waals surface area contributed by atoms with E-state index in [1.165, 1.54) is 0 Å². The van der Waals surface area contributed by atoms with Crippen LogP contribution in [-0.2, 0) is 4.79 Å². The first-order valence-electron chi connectivity index (χ1n) is 7.20. The van der Waals surface area contributed by atoms with E-state index in [9.17, 15) is 4.79 Å². The first-order chi connectivity index (χ1) is 10.8. The maximum atomic E-state index is 12.1. The topological polar surface area (TPSA) is 53.9 Å². The van der Waals surface area contributed by atoms with Gasteiger partial charge in [0, 0.05) is 5.69 Å². The summed E-state index contributed by atoms with van der Waals surface area (Å²) in [5, 5.41) is 3.18. The lowest BCUT2D eigenvalue weighted by Crippen LogP contribution is -2.36. The Kier molecular flexibility index (Phi) is 4.05. The molecule has 5 heteroatoms. The monoisotopic (exact) mass is 295 g/mol. The summed E-state index contributed by atoms with van der Waals surface area (Å²) in [5.41, 5.74) is 1.67. The van der Waals surface area contributed by atoms with Crippen molar-refractivity contribution in [3.05, 3.63) is 54.6 Å². The number of nitrogens with one attached hydrogen (secondary N) is 1. The Morgan fingerprint density at radius 3 is 2.55 bits per heavy atom. The molecule has 2 aromatic carbocycles. The summed E-state index contributed by atoms with van der Waals surface area (Å²) >= 11 is 0. The molecule has 1 aliphatic heterocycles. The number of hydrogen-bond acceptors (Lipinski definition) is 4. The van der Waals surface area contributed by atoms with E-state index in [0.29, 0.717) is 12.6 Å². The minimum absolute atomic E-state index is 0.0532. The highest BCUT2D eigenvalue weighted by molar-refractivity contribution is 6.24. The molecule has 0 unspecified atom stereocenters. The number of nitrogens with zero attached hydrogens (tertiary/aromatic N) is 2. The molecule has 1 heterocycles. The van der Waals surface area contributed by atoms with Crippen LogP contribution in [0.5, 0.6) is 5.75 Å². The van der Waals surface area contributed by atoms with Crippen LogP contribution in [-0.4, -0.2) is 25.0 Å². The fourth-order valence-electron chi connectivity index (χ4n) is 2.27. The van der Waals surface area contributed by atoms with Crippen LogP contribution in [0.2, 0.25) is 0 Å². The van der Waals surface area contributed by atoms with Crippen LogP contribution in [0.1, 0.15) is 6.92 Å². The largest absolute Gasteiger partial charge is 0.494 e. The summed E-state index contributed by atoms with van der Waals surface area (Å²) in [7, 11) is 0. The molecule has 0 radical (unpaired) electrons. The lowest BCUT2D eigenvalue weighted by atomic mass is 10.2. The predicted octanol–water partition coefficient (Wildman–Crippen LogP) is 2.90. The van der Waals surface area contributed by atoms with E-state index < -0.39 is 0 Å². The molecule has 0 saturated carbocycles. The minimum atomic E-state index is -0.0532. The lowest BCUT2D eigenvalue weighted by molar-refractivity contribution is -0.115. The van der Waals surface area contributed by atoms with E-state index in [-0.39, 0.29) is 12.5 Å². The molecule has 0 bridgehead atoms. The Morgan fingerprint density at radius 1 is 1.14 bits per heavy atom. The van der Waals surface area contributed by atoms with Crippen molar-refractivity contribution >= 4 is 23.2 Å². The second kappa shape index (κ2) is 6.30. The van der Waals surface area contributed by atoms with Crippen LogP contribution in [0.15, 0.2) is 59.6 Å². The van der Waals surface area contributed by atoms with Crippen LogP contribution in [0, 0.1) is 0 Å². The molecule has 1 aliphatic rings. The highest BCUT2D eigenvalue weighted by atomic mass is 16.5. The van der Waals surface area contributed by atoms with Crippen molar-refractivity contribution in [2.45, 2.75) is 6.92 Å². The molecule has 22 heavy (non-hydrogen) atoms. The van der Waals surface area contributed by atoms with Gasteiger partial charge in [-0.25, -0.2) is 9.89 Å². The van der Waals surface area contributed by atoms with Crippen LogP contribution < -0.4 is 15.0 Å². The molecular formula is C17H17N3O2. The SMILES string of the molecule is CCOc1ccc(N2C(=O)CN=C2Nc2ccccc2)cc1. The number of ether oxygens (including phenoxy) is 1. The molecule has 112 valence electrons. The zero-order chi connectivity index (χ0) is 15.4. The summed E-state index contributed by atoms with van der Waals surface area (Å²) in [6, 6.07) is 17.1. The first kappa shape index (κ1) is 14.1. The van der Waals surface area contributed by atoms with Crippen LogP contribution in [0.4, 0.5) is 11.4 Å². The minimum Gasteiger partial charge on any atom is -0.494 e. The van der Waals surface area contributed by atoms with Gasteiger partial charge in [0.2, 0.25) is 5.96 Å². The number of hydrogen-bond donors (Lipinski definition) is 1. The van der Waals surface area contributed by atoms with Gasteiger partial charge in [-0.1, -0.05) is 18.2 Å². The van der Waals surface area contributed by atoms with Gasteiger partial charge < -0.3 is 10.1 Å². The van der Waals surface area contributed by atoms with Gasteiger partial charge >= 0.3 is 0 Å². The van der Waals surface area contributed by atoms with E-state index in [4.69, 9.17) is 4.74 Å². The average molecular weight is 295 g/mol. The van der Waals surface area contributed by atoms with Crippen LogP contribution in [0.25, 0.3) is 0 Å². The highest BCUT2D eigenvalue weighted by Crippen LogP contribution is 2.23. The molecule has 3 rings (SSSR count). The van der Waals surface area contributed by atoms with E-state index in [2.05, 4.69) is 10.3 Å². The number of guanidine groups is 1. The summed E-state index contributed by atoms with van der Waals surface area (Å²) in [6.45, 7) is 2.71. The fraction of sp³-hybridized carbons (Fsp3) is 0.176. The molecule has 0 atom stereocenters. The number of carbonyl (C=O) groups is 1. The molecular weight excluding hydrogens is 278 g/mol. The van der Waals surface area contributed by atoms with E-state index in [1.54, 1.807) is 4.90 Å². The van der Waals surface area contributed by atoms with Crippen LogP contribution >= 0.6 is 0 Å². The first-order valence-corrected chi connectivity index (χ1v) is 7.20. The zero-order valence-corrected chi connectivity index (χ0v) is 12.3. The number of anilines is 2. The van der Waals surface area contributed by atoms with Crippen LogP contribution in [0.3, 0.4) is 0 Å². The van der Waals surface area contributed by atoms with E-state index in [0.717, 1.165) is 17.1 Å². The highest BCUT2D eigenvalue weighted by Gasteiger charge is 2.27. The van der Waals surface area contributed by atoms with Crippen molar-refractivity contribution in [2.75, 3.05) is 23.4 Å². The fourth-order valence-corrected chi connectivity index (χ4v) is 2.27. The van der Waals surface area contributed by atoms with E-state index in [1.807, 2.05) is 61.5 Å². The Bertz CT molecular complexity index is 681. The number of para-hydroxylation sites is 1. The van der Waals surface area contributed by atoms with Crippen molar-refractivity contribution in [2.24, 2.45) is 4.99 Å². The maximum absolute atomic E-state index is 12.1. The molecule has 5 nitrogen and oxygen atoms in total. The summed E-state index contributed by atoms with van der Waals surface area (Å²) in [5.74, 6) is 1.27. The number of carbonyl (C=O) groups excluding carboxylic acids is 1. The number of benzene rings is 2. The standard InChI is InChI=1S/C17H17N3O2/c1-2-22-15-10-8-14(9-11-15)20-16(21)12-18-17(20)19-13-6-4-3-5-7-13/h3-11H,2,12H2,1H3,(H,18,19). The Morgan fingerprint density at radius 2 is 1.86 bits per heavy atom. The van der Waals surface area contributed by atoms with Crippen molar-refractivity contribution in [1.29, 1.82) is 0 Å². The number of rotatable bonds is 4. The second-order valence-electron chi connectivity index (χ2n) is 4.79. The third-order valence-corrected chi connectivity index (χ3v) is 3.26. The molecule has 0 aromatic heterocycles. The van der Waals surface area contributed by atoms with Gasteiger partial charge in [0.15, 0.2) is 0 Å². The summed E-state index contributed by atoms with van der Waals surface area (Å²) < 4.78 is 5.42. The number of aliphatic imine (C=N–C) groups is 1. The van der Waals surface area contributed by atoms with Crippen molar-refractivity contribution < 1.29 is 9.53 Å². The third-order valence-electron chi connectivity index (χ3n) is 3.26. The second-order valence-corrected chi connectivity index (χ2v) is 4.79. The smallest absolute Gasteiger partial charge is 0.255 e. The molecule has 0 saturated heterocycles. The zero-order valence-electron chi connectivity index (χ0n) is 12.3. The van der Waals surface area contributed by atoms with Gasteiger partial charge in [0.1, 0.15) is 12.3 Å². The molecule has 0 spiro atoms. The third kappa shape index (κ3) is 2.93. The molecule has 1 N–H and O–H groups in total. The lowest BCUT2D eigenvalue weighted by Gasteiger charge is -2.19. The summed E-state index contributed by atoms with van der Waals surface area (Å²) in [6.07, 6.45) is 0. The Hall–Kier alpha value is -2.82. The normalized spacial score (nSPS) is 14.0. The van der Waals surface area contributed by atoms with Gasteiger partial charge in [0.25, 0.3) is 5.91 Å². The maximum Gasteiger partial charge on any atom is 0.255 e. The summed E-state index contributed by atoms with van der Waals surface area (Å²) in [4.78, 5) is 18.0. The van der Waals surface area contributed by atoms with E-state index >= 15 is 0 Å². The van der Waals surface area contributed by atoms with Gasteiger partial charge in [0.05, 0.1) is 12.3 Å². The molecule has 2 aromatic rings. The van der Waals surface area contributed by atoms with Crippen molar-refractivity contribution in [3.63, 3.8) is 0 Å². The van der Waals surface area contributed by atoms with Crippen molar-refractivity contribution in [1.82, 2.24) is 0 Å². The van der Waals surface area contributed by atoms with Crippen molar-refractivity contribution in [3.8, 4) is 5.75 Å². The van der Waals surface area contributed by atoms with Gasteiger partial charge in [-0.15, -0.1) is 0 Å². The van der Waals surface area contributed by atoms with Gasteiger partial charge in [-0.05, 0) is 43.3 Å². The average Bonchev–Trinajstić information content (AvgIpc) is 2.90. The molecule has 0 fully saturated rings. The van der Waals surface area contributed by atoms with Gasteiger partial charge in [-0.2, -0.15) is 0 Å². The number of amides is 1. The Labute approximate surface area is 129 Å². The molecule has 1 amide bonds.